The van der Waals surface area contributed by atoms with E-state index in [1.807, 2.05) is 13.0 Å². The first kappa shape index (κ1) is 13.6. The molecule has 5 heteroatoms. The van der Waals surface area contributed by atoms with Crippen molar-refractivity contribution in [1.82, 2.24) is 5.32 Å². The van der Waals surface area contributed by atoms with Crippen LogP contribution in [0.4, 0.5) is 8.78 Å². The zero-order valence-electron chi connectivity index (χ0n) is 9.93. The molecule has 0 aliphatic carbocycles. The van der Waals surface area contributed by atoms with Crippen LogP contribution in [-0.4, -0.2) is 7.05 Å². The van der Waals surface area contributed by atoms with E-state index in [-0.39, 0.29) is 6.04 Å². The molecule has 1 unspecified atom stereocenters. The quantitative estimate of drug-likeness (QED) is 0.878. The Morgan fingerprint density at radius 2 is 1.78 bits per heavy atom. The van der Waals surface area contributed by atoms with Crippen LogP contribution in [0.25, 0.3) is 0 Å². The SMILES string of the molecule is CNC(c1cc(F)cc(F)c1)c1cc(C)c(Br)s1. The molecular weight excluding hydrogens is 320 g/mol. The van der Waals surface area contributed by atoms with Gasteiger partial charge in [-0.1, -0.05) is 0 Å². The van der Waals surface area contributed by atoms with Crippen molar-refractivity contribution in [2.75, 3.05) is 7.05 Å². The fraction of sp³-hybridized carbons (Fsp3) is 0.231. The maximum Gasteiger partial charge on any atom is 0.126 e. The summed E-state index contributed by atoms with van der Waals surface area (Å²) in [5.74, 6) is -1.12. The second-order valence-corrected chi connectivity index (χ2v) is 6.43. The molecule has 0 bridgehead atoms. The molecule has 1 nitrogen and oxygen atoms in total. The molecule has 0 saturated heterocycles. The van der Waals surface area contributed by atoms with Crippen LogP contribution in [0.15, 0.2) is 28.1 Å². The van der Waals surface area contributed by atoms with E-state index in [1.165, 1.54) is 12.1 Å². The van der Waals surface area contributed by atoms with Crippen molar-refractivity contribution in [3.05, 3.63) is 55.7 Å². The van der Waals surface area contributed by atoms with Gasteiger partial charge in [0, 0.05) is 10.9 Å². The molecule has 18 heavy (non-hydrogen) atoms. The topological polar surface area (TPSA) is 12.0 Å². The van der Waals surface area contributed by atoms with Crippen LogP contribution in [0.2, 0.25) is 0 Å². The summed E-state index contributed by atoms with van der Waals surface area (Å²) in [7, 11) is 1.77. The lowest BCUT2D eigenvalue weighted by molar-refractivity contribution is 0.572. The predicted molar refractivity (Wildman–Crippen MR) is 74.0 cm³/mol. The van der Waals surface area contributed by atoms with Crippen LogP contribution < -0.4 is 5.32 Å². The molecule has 2 aromatic rings. The standard InChI is InChI=1S/C13H12BrF2NS/c1-7-3-11(18-13(7)14)12(17-2)8-4-9(15)6-10(16)5-8/h3-6,12,17H,1-2H3. The molecule has 0 fully saturated rings. The first-order chi connectivity index (χ1) is 8.51. The molecule has 1 N–H and O–H groups in total. The van der Waals surface area contributed by atoms with Crippen LogP contribution in [0.3, 0.4) is 0 Å². The predicted octanol–water partition coefficient (Wildman–Crippen LogP) is 4.41. The Kier molecular flexibility index (Phi) is 4.14. The van der Waals surface area contributed by atoms with Gasteiger partial charge in [-0.25, -0.2) is 8.78 Å². The normalized spacial score (nSPS) is 12.7. The number of nitrogens with one attached hydrogen (secondary N) is 1. The van der Waals surface area contributed by atoms with Crippen molar-refractivity contribution in [2.45, 2.75) is 13.0 Å². The lowest BCUT2D eigenvalue weighted by atomic mass is 10.0. The number of rotatable bonds is 3. The minimum atomic E-state index is -0.558. The lowest BCUT2D eigenvalue weighted by Gasteiger charge is -2.15. The second-order valence-electron chi connectivity index (χ2n) is 4.03. The second kappa shape index (κ2) is 5.47. The molecule has 1 atom stereocenters. The number of benzene rings is 1. The molecular formula is C13H12BrF2NS. The van der Waals surface area contributed by atoms with Crippen LogP contribution in [0.1, 0.15) is 22.0 Å². The van der Waals surface area contributed by atoms with Crippen molar-refractivity contribution >= 4 is 27.3 Å². The third kappa shape index (κ3) is 2.79. The third-order valence-electron chi connectivity index (χ3n) is 2.67. The molecule has 0 spiro atoms. The van der Waals surface area contributed by atoms with Crippen LogP contribution >= 0.6 is 27.3 Å². The van der Waals surface area contributed by atoms with Crippen molar-refractivity contribution in [3.63, 3.8) is 0 Å². The minimum Gasteiger partial charge on any atom is -0.309 e. The summed E-state index contributed by atoms with van der Waals surface area (Å²) >= 11 is 5.02. The zero-order chi connectivity index (χ0) is 13.3. The fourth-order valence-electron chi connectivity index (χ4n) is 1.84. The summed E-state index contributed by atoms with van der Waals surface area (Å²) in [6.45, 7) is 1.99. The number of hydrogen-bond acceptors (Lipinski definition) is 2. The highest BCUT2D eigenvalue weighted by Gasteiger charge is 2.17. The van der Waals surface area contributed by atoms with Crippen molar-refractivity contribution in [1.29, 1.82) is 0 Å². The Balaban J connectivity index is 2.44. The number of hydrogen-bond donors (Lipinski definition) is 1. The zero-order valence-corrected chi connectivity index (χ0v) is 12.3. The van der Waals surface area contributed by atoms with Crippen molar-refractivity contribution in [3.8, 4) is 0 Å². The lowest BCUT2D eigenvalue weighted by Crippen LogP contribution is -2.16. The van der Waals surface area contributed by atoms with Gasteiger partial charge in [0.15, 0.2) is 0 Å². The molecule has 96 valence electrons. The molecule has 1 aromatic carbocycles. The van der Waals surface area contributed by atoms with E-state index in [0.29, 0.717) is 5.56 Å². The van der Waals surface area contributed by atoms with Crippen LogP contribution in [0, 0.1) is 18.6 Å². The van der Waals surface area contributed by atoms with Gasteiger partial charge in [-0.15, -0.1) is 11.3 Å². The van der Waals surface area contributed by atoms with E-state index in [1.54, 1.807) is 18.4 Å². The summed E-state index contributed by atoms with van der Waals surface area (Å²) in [6, 6.07) is 5.40. The van der Waals surface area contributed by atoms with Gasteiger partial charge in [-0.2, -0.15) is 0 Å². The average Bonchev–Trinajstić information content (AvgIpc) is 2.58. The monoisotopic (exact) mass is 331 g/mol. The van der Waals surface area contributed by atoms with E-state index in [4.69, 9.17) is 0 Å². The summed E-state index contributed by atoms with van der Waals surface area (Å²) < 4.78 is 27.5. The van der Waals surface area contributed by atoms with Gasteiger partial charge in [0.05, 0.1) is 9.83 Å². The molecule has 0 aliphatic rings. The van der Waals surface area contributed by atoms with Crippen molar-refractivity contribution < 1.29 is 8.78 Å². The van der Waals surface area contributed by atoms with Crippen LogP contribution in [0.5, 0.6) is 0 Å². The van der Waals surface area contributed by atoms with E-state index in [0.717, 1.165) is 20.3 Å². The minimum absolute atomic E-state index is 0.204. The Morgan fingerprint density at radius 3 is 2.22 bits per heavy atom. The molecule has 2 rings (SSSR count). The highest BCUT2D eigenvalue weighted by atomic mass is 79.9. The smallest absolute Gasteiger partial charge is 0.126 e. The summed E-state index contributed by atoms with van der Waals surface area (Å²) in [4.78, 5) is 1.02. The van der Waals surface area contributed by atoms with Crippen LogP contribution in [-0.2, 0) is 0 Å². The highest BCUT2D eigenvalue weighted by Crippen LogP contribution is 2.34. The number of halogens is 3. The van der Waals surface area contributed by atoms with Gasteiger partial charge < -0.3 is 5.32 Å². The Hall–Kier alpha value is -0.780. The van der Waals surface area contributed by atoms with Gasteiger partial charge in [0.2, 0.25) is 0 Å². The van der Waals surface area contributed by atoms with Gasteiger partial charge in [-0.3, -0.25) is 0 Å². The molecule has 1 aromatic heterocycles. The first-order valence-corrected chi connectivity index (χ1v) is 7.01. The van der Waals surface area contributed by atoms with Gasteiger partial charge in [0.25, 0.3) is 0 Å². The van der Waals surface area contributed by atoms with E-state index in [2.05, 4.69) is 21.2 Å². The summed E-state index contributed by atoms with van der Waals surface area (Å²) in [5.41, 5.74) is 1.70. The van der Waals surface area contributed by atoms with Crippen molar-refractivity contribution in [2.24, 2.45) is 0 Å². The van der Waals surface area contributed by atoms with Gasteiger partial charge in [0.1, 0.15) is 11.6 Å². The van der Waals surface area contributed by atoms with E-state index < -0.39 is 11.6 Å². The Labute approximate surface area is 117 Å². The first-order valence-electron chi connectivity index (χ1n) is 5.40. The number of aryl methyl sites for hydroxylation is 1. The molecule has 0 saturated carbocycles. The number of thiophene rings is 1. The average molecular weight is 332 g/mol. The Morgan fingerprint density at radius 1 is 1.17 bits per heavy atom. The van der Waals surface area contributed by atoms with Gasteiger partial charge in [-0.05, 0) is 59.2 Å². The highest BCUT2D eigenvalue weighted by molar-refractivity contribution is 9.11. The largest absolute Gasteiger partial charge is 0.309 e. The molecule has 0 amide bonds. The summed E-state index contributed by atoms with van der Waals surface area (Å²) in [6.07, 6.45) is 0. The maximum atomic E-state index is 13.3. The molecule has 0 aliphatic heterocycles. The van der Waals surface area contributed by atoms with Gasteiger partial charge >= 0.3 is 0 Å². The Bertz CT molecular complexity index is 528. The third-order valence-corrected chi connectivity index (χ3v) is 4.87. The van der Waals surface area contributed by atoms with E-state index in [9.17, 15) is 8.78 Å². The van der Waals surface area contributed by atoms with E-state index >= 15 is 0 Å². The fourth-order valence-corrected chi connectivity index (χ4v) is 3.55. The molecule has 1 heterocycles. The maximum absolute atomic E-state index is 13.3. The molecule has 0 radical (unpaired) electrons. The summed E-state index contributed by atoms with van der Waals surface area (Å²) in [5, 5.41) is 3.09.